The highest BCUT2D eigenvalue weighted by Gasteiger charge is 2.23. The molecule has 1 atom stereocenters. The number of rotatable bonds is 3. The molecule has 1 saturated heterocycles. The average molecular weight is 320 g/mol. The molecule has 3 N–H and O–H groups in total. The molecular formula is C19H20N4O. The maximum absolute atomic E-state index is 12.1. The monoisotopic (exact) mass is 320 g/mol. The molecule has 1 fully saturated rings. The molecule has 5 nitrogen and oxygen atoms in total. The van der Waals surface area contributed by atoms with Gasteiger partial charge < -0.3 is 15.6 Å². The summed E-state index contributed by atoms with van der Waals surface area (Å²) in [6.45, 7) is 3.61. The van der Waals surface area contributed by atoms with Crippen LogP contribution in [0.3, 0.4) is 0 Å². The van der Waals surface area contributed by atoms with Gasteiger partial charge in [-0.1, -0.05) is 25.1 Å². The fourth-order valence-corrected chi connectivity index (χ4v) is 3.27. The number of piperazine rings is 1. The molecule has 1 unspecified atom stereocenters. The van der Waals surface area contributed by atoms with Crippen LogP contribution in [-0.4, -0.2) is 29.0 Å². The molecule has 1 amide bonds. The van der Waals surface area contributed by atoms with Crippen LogP contribution in [0.1, 0.15) is 24.1 Å². The third-order valence-electron chi connectivity index (χ3n) is 4.59. The lowest BCUT2D eigenvalue weighted by Crippen LogP contribution is -2.47. The van der Waals surface area contributed by atoms with Crippen molar-refractivity contribution in [2.24, 2.45) is 0 Å². The van der Waals surface area contributed by atoms with Crippen LogP contribution < -0.4 is 10.6 Å². The van der Waals surface area contributed by atoms with Gasteiger partial charge in [-0.15, -0.1) is 0 Å². The number of hydrogen-bond donors (Lipinski definition) is 3. The second-order valence-electron chi connectivity index (χ2n) is 6.09. The number of hydrogen-bond acceptors (Lipinski definition) is 3. The molecule has 5 heteroatoms. The second kappa shape index (κ2) is 6.09. The average Bonchev–Trinajstić information content (AvgIpc) is 3.04. The van der Waals surface area contributed by atoms with Gasteiger partial charge in [-0.25, -0.2) is 4.98 Å². The van der Waals surface area contributed by atoms with E-state index in [4.69, 9.17) is 0 Å². The highest BCUT2D eigenvalue weighted by molar-refractivity contribution is 5.86. The lowest BCUT2D eigenvalue weighted by atomic mass is 9.98. The van der Waals surface area contributed by atoms with Gasteiger partial charge in [0.25, 0.3) is 0 Å². The lowest BCUT2D eigenvalue weighted by molar-refractivity contribution is -0.124. The number of aryl methyl sites for hydroxylation is 1. The van der Waals surface area contributed by atoms with Crippen molar-refractivity contribution in [3.05, 3.63) is 53.9 Å². The van der Waals surface area contributed by atoms with Gasteiger partial charge in [0.2, 0.25) is 5.91 Å². The minimum atomic E-state index is -0.283. The summed E-state index contributed by atoms with van der Waals surface area (Å²) in [4.78, 5) is 19.8. The smallest absolute Gasteiger partial charge is 0.241 e. The number of pyridine rings is 1. The summed E-state index contributed by atoms with van der Waals surface area (Å²) in [5.41, 5.74) is 5.30. The van der Waals surface area contributed by atoms with Gasteiger partial charge in [0.1, 0.15) is 11.7 Å². The number of carbonyl (C=O) groups excluding carboxylic acids is 1. The maximum atomic E-state index is 12.1. The number of amides is 1. The Morgan fingerprint density at radius 3 is 2.96 bits per heavy atom. The Hall–Kier alpha value is -2.66. The zero-order valence-electron chi connectivity index (χ0n) is 13.6. The number of aromatic amines is 1. The van der Waals surface area contributed by atoms with Gasteiger partial charge in [0.05, 0.1) is 0 Å². The first kappa shape index (κ1) is 14.9. The van der Waals surface area contributed by atoms with Crippen molar-refractivity contribution in [2.75, 3.05) is 13.1 Å². The predicted octanol–water partition coefficient (Wildman–Crippen LogP) is 2.55. The molecule has 0 radical (unpaired) electrons. The number of H-pyrrole nitrogens is 1. The fourth-order valence-electron chi connectivity index (χ4n) is 3.27. The van der Waals surface area contributed by atoms with E-state index in [1.54, 1.807) is 0 Å². The molecule has 0 bridgehead atoms. The van der Waals surface area contributed by atoms with Crippen LogP contribution in [-0.2, 0) is 11.2 Å². The third-order valence-corrected chi connectivity index (χ3v) is 4.59. The highest BCUT2D eigenvalue weighted by atomic mass is 16.2. The van der Waals surface area contributed by atoms with E-state index in [1.165, 1.54) is 5.56 Å². The van der Waals surface area contributed by atoms with E-state index in [2.05, 4.69) is 45.7 Å². The van der Waals surface area contributed by atoms with E-state index in [0.29, 0.717) is 6.54 Å². The molecule has 1 aliphatic rings. The molecule has 122 valence electrons. The summed E-state index contributed by atoms with van der Waals surface area (Å²) in [5.74, 6) is 0.0332. The quantitative estimate of drug-likeness (QED) is 0.694. The summed E-state index contributed by atoms with van der Waals surface area (Å²) >= 11 is 0. The van der Waals surface area contributed by atoms with Gasteiger partial charge in [0, 0.05) is 36.4 Å². The topological polar surface area (TPSA) is 69.8 Å². The Kier molecular flexibility index (Phi) is 3.78. The van der Waals surface area contributed by atoms with Gasteiger partial charge in [0.15, 0.2) is 0 Å². The minimum absolute atomic E-state index is 0.0332. The molecular weight excluding hydrogens is 300 g/mol. The van der Waals surface area contributed by atoms with Crippen LogP contribution >= 0.6 is 0 Å². The first-order valence-corrected chi connectivity index (χ1v) is 8.33. The standard InChI is InChI=1S/C19H20N4O/c1-2-12-10-22-18-16(12)9-15(11-23-18)13-4-3-5-14(8-13)17-19(24)21-7-6-20-17/h3-5,8-11,17,20H,2,6-7H2,1H3,(H,21,24)(H,22,23). The number of fused-ring (bicyclic) bond motifs is 1. The minimum Gasteiger partial charge on any atom is -0.353 e. The van der Waals surface area contributed by atoms with Crippen molar-refractivity contribution >= 4 is 16.9 Å². The molecule has 3 aromatic rings. The van der Waals surface area contributed by atoms with Gasteiger partial charge in [-0.05, 0) is 35.2 Å². The van der Waals surface area contributed by atoms with E-state index in [9.17, 15) is 4.79 Å². The Bertz CT molecular complexity index is 899. The van der Waals surface area contributed by atoms with Crippen molar-refractivity contribution in [1.82, 2.24) is 20.6 Å². The van der Waals surface area contributed by atoms with Crippen molar-refractivity contribution in [2.45, 2.75) is 19.4 Å². The zero-order valence-corrected chi connectivity index (χ0v) is 13.6. The molecule has 3 heterocycles. The van der Waals surface area contributed by atoms with Crippen molar-refractivity contribution in [3.8, 4) is 11.1 Å². The second-order valence-corrected chi connectivity index (χ2v) is 6.09. The molecule has 1 aliphatic heterocycles. The van der Waals surface area contributed by atoms with Crippen molar-refractivity contribution in [3.63, 3.8) is 0 Å². The summed E-state index contributed by atoms with van der Waals surface area (Å²) < 4.78 is 0. The maximum Gasteiger partial charge on any atom is 0.241 e. The van der Waals surface area contributed by atoms with E-state index >= 15 is 0 Å². The first-order chi connectivity index (χ1) is 11.8. The Morgan fingerprint density at radius 2 is 2.12 bits per heavy atom. The van der Waals surface area contributed by atoms with Gasteiger partial charge in [-0.3, -0.25) is 4.79 Å². The molecule has 0 spiro atoms. The van der Waals surface area contributed by atoms with Crippen LogP contribution in [0, 0.1) is 0 Å². The fraction of sp³-hybridized carbons (Fsp3) is 0.263. The predicted molar refractivity (Wildman–Crippen MR) is 94.7 cm³/mol. The van der Waals surface area contributed by atoms with Crippen LogP contribution in [0.15, 0.2) is 42.7 Å². The molecule has 4 rings (SSSR count). The first-order valence-electron chi connectivity index (χ1n) is 8.33. The van der Waals surface area contributed by atoms with Gasteiger partial charge >= 0.3 is 0 Å². The zero-order chi connectivity index (χ0) is 16.5. The SMILES string of the molecule is CCc1c[nH]c2ncc(-c3cccc(C4NCCNC4=O)c3)cc12. The molecule has 24 heavy (non-hydrogen) atoms. The molecule has 1 aromatic carbocycles. The van der Waals surface area contributed by atoms with Gasteiger partial charge in [-0.2, -0.15) is 0 Å². The van der Waals surface area contributed by atoms with Crippen molar-refractivity contribution in [1.29, 1.82) is 0 Å². The number of nitrogens with one attached hydrogen (secondary N) is 3. The molecule has 2 aromatic heterocycles. The third kappa shape index (κ3) is 2.57. The molecule has 0 aliphatic carbocycles. The normalized spacial score (nSPS) is 17.9. The number of aromatic nitrogens is 2. The van der Waals surface area contributed by atoms with Crippen LogP contribution in [0.25, 0.3) is 22.2 Å². The Labute approximate surface area is 140 Å². The lowest BCUT2D eigenvalue weighted by Gasteiger charge is -2.24. The summed E-state index contributed by atoms with van der Waals surface area (Å²) in [5, 5.41) is 7.34. The molecule has 0 saturated carbocycles. The Balaban J connectivity index is 1.74. The Morgan fingerprint density at radius 1 is 1.21 bits per heavy atom. The summed E-state index contributed by atoms with van der Waals surface area (Å²) in [7, 11) is 0. The van der Waals surface area contributed by atoms with E-state index in [-0.39, 0.29) is 11.9 Å². The number of carbonyl (C=O) groups is 1. The highest BCUT2D eigenvalue weighted by Crippen LogP contribution is 2.27. The van der Waals surface area contributed by atoms with Crippen molar-refractivity contribution < 1.29 is 4.79 Å². The summed E-state index contributed by atoms with van der Waals surface area (Å²) in [6.07, 6.45) is 4.87. The van der Waals surface area contributed by atoms with E-state index in [1.807, 2.05) is 24.5 Å². The van der Waals surface area contributed by atoms with E-state index in [0.717, 1.165) is 40.7 Å². The largest absolute Gasteiger partial charge is 0.353 e. The van der Waals surface area contributed by atoms with Crippen LogP contribution in [0.5, 0.6) is 0 Å². The van der Waals surface area contributed by atoms with Crippen LogP contribution in [0.2, 0.25) is 0 Å². The number of benzene rings is 1. The van der Waals surface area contributed by atoms with Crippen LogP contribution in [0.4, 0.5) is 0 Å². The van der Waals surface area contributed by atoms with E-state index < -0.39 is 0 Å². The summed E-state index contributed by atoms with van der Waals surface area (Å²) in [6, 6.07) is 10.0. The number of nitrogens with zero attached hydrogens (tertiary/aromatic N) is 1.